The number of nitrogens with zero attached hydrogens (tertiary/aromatic N) is 1. The van der Waals surface area contributed by atoms with Crippen LogP contribution < -0.4 is 4.90 Å². The first kappa shape index (κ1) is 15.3. The van der Waals surface area contributed by atoms with Gasteiger partial charge in [0.1, 0.15) is 0 Å². The summed E-state index contributed by atoms with van der Waals surface area (Å²) in [4.78, 5) is 14.6. The van der Waals surface area contributed by atoms with E-state index in [9.17, 15) is 4.79 Å². The number of carbonyl (C=O) groups is 1. The Labute approximate surface area is 127 Å². The Bertz CT molecular complexity index is 673. The van der Waals surface area contributed by atoms with Crippen molar-refractivity contribution in [3.05, 3.63) is 64.2 Å². The first-order valence-corrected chi connectivity index (χ1v) is 7.27. The number of aryl methyl sites for hydroxylation is 4. The highest BCUT2D eigenvalue weighted by atomic mass is 16.1. The molecule has 0 aromatic heterocycles. The molecule has 0 bridgehead atoms. The SMILES string of the molecule is Cc1cccc(N(C)CC(=O)c2cc(C)c(C)cc2C)c1. The van der Waals surface area contributed by atoms with Gasteiger partial charge in [-0.15, -0.1) is 0 Å². The summed E-state index contributed by atoms with van der Waals surface area (Å²) in [7, 11) is 1.96. The van der Waals surface area contributed by atoms with Gasteiger partial charge in [-0.2, -0.15) is 0 Å². The van der Waals surface area contributed by atoms with Crippen molar-refractivity contribution in [2.24, 2.45) is 0 Å². The first-order valence-electron chi connectivity index (χ1n) is 7.27. The summed E-state index contributed by atoms with van der Waals surface area (Å²) >= 11 is 0. The summed E-state index contributed by atoms with van der Waals surface area (Å²) in [6.07, 6.45) is 0. The minimum Gasteiger partial charge on any atom is -0.367 e. The second kappa shape index (κ2) is 6.13. The second-order valence-corrected chi connectivity index (χ2v) is 5.87. The molecule has 0 saturated heterocycles. The van der Waals surface area contributed by atoms with Crippen LogP contribution in [0.4, 0.5) is 5.69 Å². The fourth-order valence-corrected chi connectivity index (χ4v) is 2.52. The summed E-state index contributed by atoms with van der Waals surface area (Å²) in [5.41, 5.74) is 6.57. The van der Waals surface area contributed by atoms with E-state index in [-0.39, 0.29) is 5.78 Å². The summed E-state index contributed by atoms with van der Waals surface area (Å²) in [5.74, 6) is 0.166. The Morgan fingerprint density at radius 1 is 0.952 bits per heavy atom. The zero-order valence-electron chi connectivity index (χ0n) is 13.5. The molecule has 0 atom stereocenters. The van der Waals surface area contributed by atoms with Gasteiger partial charge in [-0.1, -0.05) is 18.2 Å². The highest BCUT2D eigenvalue weighted by molar-refractivity contribution is 6.00. The molecule has 0 N–H and O–H groups in total. The lowest BCUT2D eigenvalue weighted by atomic mass is 9.98. The minimum absolute atomic E-state index is 0.166. The molecule has 0 saturated carbocycles. The fourth-order valence-electron chi connectivity index (χ4n) is 2.52. The van der Waals surface area contributed by atoms with E-state index in [1.165, 1.54) is 16.7 Å². The third kappa shape index (κ3) is 3.52. The van der Waals surface area contributed by atoms with Crippen molar-refractivity contribution in [3.8, 4) is 0 Å². The number of carbonyl (C=O) groups excluding carboxylic acids is 1. The van der Waals surface area contributed by atoms with E-state index in [0.29, 0.717) is 6.54 Å². The summed E-state index contributed by atoms with van der Waals surface area (Å²) in [5, 5.41) is 0. The van der Waals surface area contributed by atoms with Gasteiger partial charge in [-0.05, 0) is 68.1 Å². The number of hydrogen-bond donors (Lipinski definition) is 0. The number of anilines is 1. The topological polar surface area (TPSA) is 20.3 Å². The third-order valence-electron chi connectivity index (χ3n) is 3.96. The van der Waals surface area contributed by atoms with E-state index in [1.807, 2.05) is 37.1 Å². The van der Waals surface area contributed by atoms with Crippen molar-refractivity contribution in [3.63, 3.8) is 0 Å². The van der Waals surface area contributed by atoms with Crippen molar-refractivity contribution in [2.45, 2.75) is 27.7 Å². The molecule has 0 aliphatic heterocycles. The van der Waals surface area contributed by atoms with Gasteiger partial charge in [-0.25, -0.2) is 0 Å². The average molecular weight is 281 g/mol. The lowest BCUT2D eigenvalue weighted by Crippen LogP contribution is -2.26. The minimum atomic E-state index is 0.166. The largest absolute Gasteiger partial charge is 0.367 e. The first-order chi connectivity index (χ1) is 9.88. The smallest absolute Gasteiger partial charge is 0.182 e. The molecule has 0 unspecified atom stereocenters. The zero-order chi connectivity index (χ0) is 15.6. The number of rotatable bonds is 4. The molecule has 2 aromatic rings. The van der Waals surface area contributed by atoms with Crippen molar-refractivity contribution in [2.75, 3.05) is 18.5 Å². The van der Waals surface area contributed by atoms with E-state index in [4.69, 9.17) is 0 Å². The molecule has 2 nitrogen and oxygen atoms in total. The Balaban J connectivity index is 2.20. The quantitative estimate of drug-likeness (QED) is 0.781. The molecule has 110 valence electrons. The molecule has 2 aromatic carbocycles. The fraction of sp³-hybridized carbons (Fsp3) is 0.316. The van der Waals surface area contributed by atoms with E-state index in [2.05, 4.69) is 39.0 Å². The Hall–Kier alpha value is -2.09. The molecule has 2 rings (SSSR count). The maximum Gasteiger partial charge on any atom is 0.182 e. The number of benzene rings is 2. The molecular weight excluding hydrogens is 258 g/mol. The van der Waals surface area contributed by atoms with Crippen LogP contribution in [-0.4, -0.2) is 19.4 Å². The normalized spacial score (nSPS) is 10.5. The second-order valence-electron chi connectivity index (χ2n) is 5.87. The summed E-state index contributed by atoms with van der Waals surface area (Å²) in [6.45, 7) is 8.59. The molecule has 0 radical (unpaired) electrons. The lowest BCUT2D eigenvalue weighted by molar-refractivity contribution is 0.0999. The summed E-state index contributed by atoms with van der Waals surface area (Å²) < 4.78 is 0. The van der Waals surface area contributed by atoms with E-state index < -0.39 is 0 Å². The van der Waals surface area contributed by atoms with E-state index >= 15 is 0 Å². The number of ketones is 1. The predicted octanol–water partition coefficient (Wildman–Crippen LogP) is 4.24. The standard InChI is InChI=1S/C19H23NO/c1-13-7-6-8-17(9-13)20(5)12-19(21)18-11-15(3)14(2)10-16(18)4/h6-11H,12H2,1-5H3. The highest BCUT2D eigenvalue weighted by Gasteiger charge is 2.13. The molecule has 0 spiro atoms. The molecule has 0 amide bonds. The van der Waals surface area contributed by atoms with Crippen molar-refractivity contribution in [1.82, 2.24) is 0 Å². The summed E-state index contributed by atoms with van der Waals surface area (Å²) in [6, 6.07) is 12.3. The lowest BCUT2D eigenvalue weighted by Gasteiger charge is -2.20. The zero-order valence-corrected chi connectivity index (χ0v) is 13.5. The van der Waals surface area contributed by atoms with Crippen LogP contribution in [0.5, 0.6) is 0 Å². The van der Waals surface area contributed by atoms with Crippen LogP contribution >= 0.6 is 0 Å². The Morgan fingerprint density at radius 3 is 2.29 bits per heavy atom. The molecule has 2 heteroatoms. The van der Waals surface area contributed by atoms with Crippen LogP contribution in [0.25, 0.3) is 0 Å². The van der Waals surface area contributed by atoms with Crippen LogP contribution in [0.15, 0.2) is 36.4 Å². The maximum atomic E-state index is 12.6. The molecule has 0 aliphatic rings. The van der Waals surface area contributed by atoms with Gasteiger partial charge < -0.3 is 4.90 Å². The van der Waals surface area contributed by atoms with Crippen molar-refractivity contribution < 1.29 is 4.79 Å². The van der Waals surface area contributed by atoms with Gasteiger partial charge in [0.2, 0.25) is 0 Å². The molecule has 21 heavy (non-hydrogen) atoms. The molecule has 0 aliphatic carbocycles. The maximum absolute atomic E-state index is 12.6. The third-order valence-corrected chi connectivity index (χ3v) is 3.96. The van der Waals surface area contributed by atoms with Gasteiger partial charge >= 0.3 is 0 Å². The van der Waals surface area contributed by atoms with E-state index in [1.54, 1.807) is 0 Å². The van der Waals surface area contributed by atoms with Gasteiger partial charge in [0.15, 0.2) is 5.78 Å². The van der Waals surface area contributed by atoms with Crippen LogP contribution in [0.1, 0.15) is 32.6 Å². The van der Waals surface area contributed by atoms with Gasteiger partial charge in [0.05, 0.1) is 6.54 Å². The average Bonchev–Trinajstić information content (AvgIpc) is 2.42. The van der Waals surface area contributed by atoms with Crippen LogP contribution in [0, 0.1) is 27.7 Å². The van der Waals surface area contributed by atoms with Gasteiger partial charge in [0.25, 0.3) is 0 Å². The van der Waals surface area contributed by atoms with Gasteiger partial charge in [-0.3, -0.25) is 4.79 Å². The van der Waals surface area contributed by atoms with Crippen LogP contribution in [0.3, 0.4) is 0 Å². The van der Waals surface area contributed by atoms with Crippen molar-refractivity contribution in [1.29, 1.82) is 0 Å². The highest BCUT2D eigenvalue weighted by Crippen LogP contribution is 2.18. The molecular formula is C19H23NO. The van der Waals surface area contributed by atoms with Crippen molar-refractivity contribution >= 4 is 11.5 Å². The monoisotopic (exact) mass is 281 g/mol. The molecule has 0 fully saturated rings. The van der Waals surface area contributed by atoms with Crippen LogP contribution in [-0.2, 0) is 0 Å². The van der Waals surface area contributed by atoms with E-state index in [0.717, 1.165) is 16.8 Å². The number of Topliss-reactive ketones (excluding diaryl/α,β-unsaturated/α-hetero) is 1. The Kier molecular flexibility index (Phi) is 4.46. The number of hydrogen-bond acceptors (Lipinski definition) is 2. The van der Waals surface area contributed by atoms with Gasteiger partial charge in [0, 0.05) is 18.3 Å². The Morgan fingerprint density at radius 2 is 1.62 bits per heavy atom. The molecule has 0 heterocycles. The predicted molar refractivity (Wildman–Crippen MR) is 89.4 cm³/mol. The van der Waals surface area contributed by atoms with Crippen LogP contribution in [0.2, 0.25) is 0 Å². The number of likely N-dealkylation sites (N-methyl/N-ethyl adjacent to an activating group) is 1.